The molecule has 2 amide bonds. The number of carbonyl (C=O) groups is 2. The minimum Gasteiger partial charge on any atom is -0.358 e. The summed E-state index contributed by atoms with van der Waals surface area (Å²) < 4.78 is 0. The van der Waals surface area contributed by atoms with Gasteiger partial charge < -0.3 is 15.2 Å². The van der Waals surface area contributed by atoms with Crippen LogP contribution in [0.5, 0.6) is 0 Å². The number of piperazine rings is 1. The van der Waals surface area contributed by atoms with Gasteiger partial charge in [0.05, 0.1) is 17.6 Å². The van der Waals surface area contributed by atoms with Crippen molar-refractivity contribution in [2.24, 2.45) is 0 Å². The number of fused-ring (bicyclic) bond motifs is 3. The van der Waals surface area contributed by atoms with Crippen LogP contribution in [0.15, 0.2) is 18.2 Å². The van der Waals surface area contributed by atoms with Gasteiger partial charge in [0, 0.05) is 24.2 Å². The van der Waals surface area contributed by atoms with Crippen LogP contribution in [0.2, 0.25) is 0 Å². The number of benzene rings is 1. The first kappa shape index (κ1) is 13.4. The van der Waals surface area contributed by atoms with Crippen molar-refractivity contribution in [1.29, 1.82) is 0 Å². The summed E-state index contributed by atoms with van der Waals surface area (Å²) in [4.78, 5) is 29.4. The van der Waals surface area contributed by atoms with Gasteiger partial charge in [-0.1, -0.05) is 12.1 Å². The van der Waals surface area contributed by atoms with E-state index in [0.717, 1.165) is 18.4 Å². The lowest BCUT2D eigenvalue weighted by Gasteiger charge is -2.26. The molecule has 0 saturated carbocycles. The van der Waals surface area contributed by atoms with Crippen LogP contribution in [-0.4, -0.2) is 41.3 Å². The number of rotatable bonds is 1. The normalized spacial score (nSPS) is 18.2. The smallest absolute Gasteiger partial charge is 0.256 e. The monoisotopic (exact) mass is 297 g/mol. The molecule has 0 spiro atoms. The summed E-state index contributed by atoms with van der Waals surface area (Å²) in [6.07, 6.45) is 4.56. The Kier molecular flexibility index (Phi) is 3.13. The molecule has 1 fully saturated rings. The third-order valence-electron chi connectivity index (χ3n) is 4.69. The molecule has 22 heavy (non-hydrogen) atoms. The van der Waals surface area contributed by atoms with E-state index in [-0.39, 0.29) is 18.4 Å². The van der Waals surface area contributed by atoms with Gasteiger partial charge in [-0.2, -0.15) is 0 Å². The van der Waals surface area contributed by atoms with Crippen LogP contribution in [0, 0.1) is 0 Å². The second-order valence-electron chi connectivity index (χ2n) is 6.09. The van der Waals surface area contributed by atoms with E-state index in [2.05, 4.69) is 16.4 Å². The molecular formula is C17H19N3O2. The maximum atomic E-state index is 12.8. The van der Waals surface area contributed by atoms with E-state index in [1.807, 2.05) is 12.1 Å². The number of aromatic nitrogens is 1. The highest BCUT2D eigenvalue weighted by Crippen LogP contribution is 2.31. The van der Waals surface area contributed by atoms with Gasteiger partial charge in [0.2, 0.25) is 5.91 Å². The molecule has 5 nitrogen and oxygen atoms in total. The molecule has 2 N–H and O–H groups in total. The Balaban J connectivity index is 1.76. The molecule has 2 aliphatic rings. The maximum absolute atomic E-state index is 12.8. The number of nitrogens with one attached hydrogen (secondary N) is 2. The van der Waals surface area contributed by atoms with Gasteiger partial charge in [0.25, 0.3) is 5.91 Å². The molecule has 0 bridgehead atoms. The second-order valence-corrected chi connectivity index (χ2v) is 6.09. The van der Waals surface area contributed by atoms with Gasteiger partial charge >= 0.3 is 0 Å². The Bertz CT molecular complexity index is 763. The molecular weight excluding hydrogens is 278 g/mol. The van der Waals surface area contributed by atoms with Crippen molar-refractivity contribution in [3.63, 3.8) is 0 Å². The van der Waals surface area contributed by atoms with Gasteiger partial charge in [-0.3, -0.25) is 9.59 Å². The summed E-state index contributed by atoms with van der Waals surface area (Å²) >= 11 is 0. The first-order valence-electron chi connectivity index (χ1n) is 7.92. The fourth-order valence-electron chi connectivity index (χ4n) is 3.59. The summed E-state index contributed by atoms with van der Waals surface area (Å²) in [5.74, 6) is -0.142. The quantitative estimate of drug-likeness (QED) is 0.840. The molecule has 0 radical (unpaired) electrons. The highest BCUT2D eigenvalue weighted by atomic mass is 16.2. The van der Waals surface area contributed by atoms with E-state index in [9.17, 15) is 9.59 Å². The third-order valence-corrected chi connectivity index (χ3v) is 4.69. The molecule has 2 aromatic rings. The molecule has 2 heterocycles. The molecule has 1 aromatic heterocycles. The van der Waals surface area contributed by atoms with Gasteiger partial charge in [-0.25, -0.2) is 0 Å². The minimum atomic E-state index is -0.0856. The van der Waals surface area contributed by atoms with Gasteiger partial charge in [0.1, 0.15) is 0 Å². The molecule has 114 valence electrons. The van der Waals surface area contributed by atoms with Crippen molar-refractivity contribution in [1.82, 2.24) is 15.2 Å². The number of hydrogen-bond acceptors (Lipinski definition) is 2. The number of para-hydroxylation sites is 1. The molecule has 1 aliphatic heterocycles. The van der Waals surface area contributed by atoms with Gasteiger partial charge in [-0.15, -0.1) is 0 Å². The summed E-state index contributed by atoms with van der Waals surface area (Å²) in [5.41, 5.74) is 4.26. The predicted molar refractivity (Wildman–Crippen MR) is 83.9 cm³/mol. The third kappa shape index (κ3) is 2.08. The van der Waals surface area contributed by atoms with Crippen molar-refractivity contribution < 1.29 is 9.59 Å². The number of aromatic amines is 1. The van der Waals surface area contributed by atoms with Crippen LogP contribution in [0.25, 0.3) is 10.9 Å². The van der Waals surface area contributed by atoms with E-state index in [1.165, 1.54) is 29.5 Å². The van der Waals surface area contributed by atoms with E-state index in [1.54, 1.807) is 4.90 Å². The summed E-state index contributed by atoms with van der Waals surface area (Å²) in [6.45, 7) is 1.25. The SMILES string of the molecule is O=C1CN(C(=O)c2cccc3c4c([nH]c23)CCCC4)CCN1. The Labute approximate surface area is 128 Å². The van der Waals surface area contributed by atoms with E-state index in [0.29, 0.717) is 18.7 Å². The Morgan fingerprint density at radius 2 is 2.05 bits per heavy atom. The zero-order valence-electron chi connectivity index (χ0n) is 12.4. The fourth-order valence-corrected chi connectivity index (χ4v) is 3.59. The standard InChI is InChI=1S/C17H19N3O2/c21-15-10-20(9-8-18-15)17(22)13-6-3-5-12-11-4-1-2-7-14(11)19-16(12)13/h3,5-6,19H,1-2,4,7-10H2,(H,18,21). The Morgan fingerprint density at radius 1 is 1.18 bits per heavy atom. The average Bonchev–Trinajstić information content (AvgIpc) is 2.93. The number of carbonyl (C=O) groups excluding carboxylic acids is 2. The number of amides is 2. The van der Waals surface area contributed by atoms with Crippen LogP contribution < -0.4 is 5.32 Å². The lowest BCUT2D eigenvalue weighted by molar-refractivity contribution is -0.123. The molecule has 1 aromatic carbocycles. The number of hydrogen-bond donors (Lipinski definition) is 2. The van der Waals surface area contributed by atoms with Crippen molar-refractivity contribution >= 4 is 22.7 Å². The zero-order chi connectivity index (χ0) is 15.1. The van der Waals surface area contributed by atoms with Gasteiger partial charge in [-0.05, 0) is 37.3 Å². The largest absolute Gasteiger partial charge is 0.358 e. The topological polar surface area (TPSA) is 65.2 Å². The lowest BCUT2D eigenvalue weighted by Crippen LogP contribution is -2.50. The molecule has 4 rings (SSSR count). The van der Waals surface area contributed by atoms with Crippen molar-refractivity contribution in [2.75, 3.05) is 19.6 Å². The number of H-pyrrole nitrogens is 1. The van der Waals surface area contributed by atoms with Crippen LogP contribution >= 0.6 is 0 Å². The van der Waals surface area contributed by atoms with Crippen molar-refractivity contribution in [3.05, 3.63) is 35.0 Å². The predicted octanol–water partition coefficient (Wildman–Crippen LogP) is 1.62. The zero-order valence-corrected chi connectivity index (χ0v) is 12.4. The molecule has 0 atom stereocenters. The van der Waals surface area contributed by atoms with Crippen LogP contribution in [0.1, 0.15) is 34.5 Å². The van der Waals surface area contributed by atoms with E-state index >= 15 is 0 Å². The highest BCUT2D eigenvalue weighted by Gasteiger charge is 2.25. The molecule has 5 heteroatoms. The maximum Gasteiger partial charge on any atom is 0.256 e. The average molecular weight is 297 g/mol. The van der Waals surface area contributed by atoms with Crippen LogP contribution in [-0.2, 0) is 17.6 Å². The lowest BCUT2D eigenvalue weighted by atomic mass is 9.95. The Morgan fingerprint density at radius 3 is 2.91 bits per heavy atom. The summed E-state index contributed by atoms with van der Waals surface area (Å²) in [7, 11) is 0. The molecule has 1 saturated heterocycles. The number of aryl methyl sites for hydroxylation is 2. The summed E-state index contributed by atoms with van der Waals surface area (Å²) in [6, 6.07) is 5.90. The second kappa shape index (κ2) is 5.16. The fraction of sp³-hybridized carbons (Fsp3) is 0.412. The highest BCUT2D eigenvalue weighted by molar-refractivity contribution is 6.07. The van der Waals surface area contributed by atoms with E-state index in [4.69, 9.17) is 0 Å². The molecule has 0 unspecified atom stereocenters. The first-order valence-corrected chi connectivity index (χ1v) is 7.92. The van der Waals surface area contributed by atoms with Crippen molar-refractivity contribution in [3.8, 4) is 0 Å². The Hall–Kier alpha value is -2.30. The van der Waals surface area contributed by atoms with Crippen molar-refractivity contribution in [2.45, 2.75) is 25.7 Å². The van der Waals surface area contributed by atoms with E-state index < -0.39 is 0 Å². The first-order chi connectivity index (χ1) is 10.7. The number of nitrogens with zero attached hydrogens (tertiary/aromatic N) is 1. The van der Waals surface area contributed by atoms with Crippen LogP contribution in [0.3, 0.4) is 0 Å². The minimum absolute atomic E-state index is 0.0564. The molecule has 1 aliphatic carbocycles. The van der Waals surface area contributed by atoms with Crippen LogP contribution in [0.4, 0.5) is 0 Å². The van der Waals surface area contributed by atoms with Gasteiger partial charge in [0.15, 0.2) is 0 Å². The summed E-state index contributed by atoms with van der Waals surface area (Å²) in [5, 5.41) is 3.92.